The van der Waals surface area contributed by atoms with E-state index in [1.54, 1.807) is 13.8 Å². The first-order valence-corrected chi connectivity index (χ1v) is 10.3. The second kappa shape index (κ2) is 12.5. The molecule has 6 N–H and O–H groups in total. The third-order valence-electron chi connectivity index (χ3n) is 4.78. The first kappa shape index (κ1) is 26.8. The summed E-state index contributed by atoms with van der Waals surface area (Å²) in [5.41, 5.74) is 5.39. The summed E-state index contributed by atoms with van der Waals surface area (Å²) in [5, 5.41) is 16.6. The number of nitrogens with two attached hydrogens (primary N) is 1. The molecule has 0 bridgehead atoms. The summed E-state index contributed by atoms with van der Waals surface area (Å²) in [5.74, 6) is -4.88. The van der Waals surface area contributed by atoms with E-state index in [2.05, 4.69) is 16.0 Å². The van der Waals surface area contributed by atoms with Crippen LogP contribution in [0.2, 0.25) is 0 Å². The quantitative estimate of drug-likeness (QED) is 0.160. The third-order valence-corrected chi connectivity index (χ3v) is 4.78. The normalized spacial score (nSPS) is 16.0. The van der Waals surface area contributed by atoms with Crippen LogP contribution in [0.5, 0.6) is 0 Å². The summed E-state index contributed by atoms with van der Waals surface area (Å²) >= 11 is 0. The number of carbonyl (C=O) groups excluding carboxylic acids is 5. The zero-order valence-electron chi connectivity index (χ0n) is 18.4. The predicted octanol–water partition coefficient (Wildman–Crippen LogP) is -1.74. The van der Waals surface area contributed by atoms with Crippen molar-refractivity contribution in [3.05, 3.63) is 12.2 Å². The molecule has 0 aromatic heterocycles. The molecule has 32 heavy (non-hydrogen) atoms. The van der Waals surface area contributed by atoms with Gasteiger partial charge in [0.15, 0.2) is 0 Å². The Balaban J connectivity index is 2.66. The number of carbonyl (C=O) groups is 6. The number of hydrogen-bond acceptors (Lipinski definition) is 7. The molecule has 12 heteroatoms. The molecule has 12 nitrogen and oxygen atoms in total. The number of hydrogen-bond donors (Lipinski definition) is 5. The van der Waals surface area contributed by atoms with E-state index in [1.165, 1.54) is 6.92 Å². The molecule has 0 spiro atoms. The van der Waals surface area contributed by atoms with Gasteiger partial charge in [-0.2, -0.15) is 0 Å². The topological polar surface area (TPSA) is 188 Å². The summed E-state index contributed by atoms with van der Waals surface area (Å²) in [6.45, 7) is 4.59. The third kappa shape index (κ3) is 8.10. The molecular formula is C20H31N5O7. The molecule has 0 aliphatic carbocycles. The van der Waals surface area contributed by atoms with E-state index in [1.807, 2.05) is 0 Å². The van der Waals surface area contributed by atoms with Gasteiger partial charge in [-0.1, -0.05) is 13.8 Å². The van der Waals surface area contributed by atoms with Crippen molar-refractivity contribution in [3.63, 3.8) is 0 Å². The molecule has 0 fully saturated rings. The number of nitrogens with one attached hydrogen (secondary N) is 3. The molecule has 0 saturated carbocycles. The van der Waals surface area contributed by atoms with Crippen LogP contribution in [0.1, 0.15) is 40.0 Å². The minimum Gasteiger partial charge on any atom is -0.480 e. The molecule has 0 unspecified atom stereocenters. The lowest BCUT2D eigenvalue weighted by Gasteiger charge is -2.25. The Labute approximate surface area is 185 Å². The van der Waals surface area contributed by atoms with Crippen molar-refractivity contribution in [1.82, 2.24) is 20.9 Å². The molecule has 0 aromatic rings. The van der Waals surface area contributed by atoms with E-state index >= 15 is 0 Å². The molecule has 1 aliphatic rings. The number of carboxylic acid groups (broad SMARTS) is 1. The second-order valence-corrected chi connectivity index (χ2v) is 7.80. The molecule has 1 aliphatic heterocycles. The van der Waals surface area contributed by atoms with Crippen molar-refractivity contribution >= 4 is 35.5 Å². The van der Waals surface area contributed by atoms with Gasteiger partial charge in [-0.15, -0.1) is 0 Å². The minimum absolute atomic E-state index is 0.201. The summed E-state index contributed by atoms with van der Waals surface area (Å²) < 4.78 is 0. The van der Waals surface area contributed by atoms with E-state index in [4.69, 9.17) is 5.73 Å². The van der Waals surface area contributed by atoms with Gasteiger partial charge in [0, 0.05) is 12.2 Å². The summed E-state index contributed by atoms with van der Waals surface area (Å²) in [4.78, 5) is 72.5. The van der Waals surface area contributed by atoms with Crippen molar-refractivity contribution in [2.24, 2.45) is 11.7 Å². The summed E-state index contributed by atoms with van der Waals surface area (Å²) in [6, 6.07) is -3.22. The van der Waals surface area contributed by atoms with Crippen molar-refractivity contribution in [2.45, 2.75) is 58.2 Å². The maximum atomic E-state index is 12.6. The van der Waals surface area contributed by atoms with Crippen LogP contribution < -0.4 is 21.7 Å². The molecule has 0 saturated heterocycles. The fraction of sp³-hybridized carbons (Fsp3) is 0.600. The summed E-state index contributed by atoms with van der Waals surface area (Å²) in [7, 11) is 0. The molecule has 5 amide bonds. The van der Waals surface area contributed by atoms with Crippen molar-refractivity contribution in [1.29, 1.82) is 0 Å². The van der Waals surface area contributed by atoms with Gasteiger partial charge in [-0.3, -0.25) is 28.9 Å². The lowest BCUT2D eigenvalue weighted by molar-refractivity contribution is -0.142. The first-order valence-electron chi connectivity index (χ1n) is 10.3. The van der Waals surface area contributed by atoms with Gasteiger partial charge in [0.2, 0.25) is 17.7 Å². The van der Waals surface area contributed by atoms with Crippen LogP contribution >= 0.6 is 0 Å². The Morgan fingerprint density at radius 1 is 0.969 bits per heavy atom. The molecule has 0 radical (unpaired) electrons. The predicted molar refractivity (Wildman–Crippen MR) is 113 cm³/mol. The van der Waals surface area contributed by atoms with Gasteiger partial charge >= 0.3 is 5.97 Å². The second-order valence-electron chi connectivity index (χ2n) is 7.80. The van der Waals surface area contributed by atoms with Gasteiger partial charge in [-0.25, -0.2) is 4.79 Å². The van der Waals surface area contributed by atoms with Gasteiger partial charge < -0.3 is 26.8 Å². The first-order chi connectivity index (χ1) is 15.0. The largest absolute Gasteiger partial charge is 0.480 e. The van der Waals surface area contributed by atoms with E-state index in [-0.39, 0.29) is 12.3 Å². The van der Waals surface area contributed by atoms with Gasteiger partial charge in [0.1, 0.15) is 24.7 Å². The smallest absolute Gasteiger partial charge is 0.326 e. The zero-order chi connectivity index (χ0) is 24.4. The lowest BCUT2D eigenvalue weighted by atomic mass is 10.0. The number of carboxylic acids is 1. The van der Waals surface area contributed by atoms with E-state index < -0.39 is 60.2 Å². The number of amides is 5. The Morgan fingerprint density at radius 2 is 1.56 bits per heavy atom. The van der Waals surface area contributed by atoms with Crippen LogP contribution in [-0.4, -0.2) is 76.7 Å². The summed E-state index contributed by atoms with van der Waals surface area (Å²) in [6.07, 6.45) is 3.43. The fourth-order valence-electron chi connectivity index (χ4n) is 2.90. The highest BCUT2D eigenvalue weighted by atomic mass is 16.4. The molecule has 1 heterocycles. The highest BCUT2D eigenvalue weighted by Gasteiger charge is 2.31. The van der Waals surface area contributed by atoms with E-state index in [0.717, 1.165) is 17.1 Å². The molecule has 1 rings (SSSR count). The average Bonchev–Trinajstić information content (AvgIpc) is 3.02. The molecule has 178 valence electrons. The standard InChI is InChI=1S/C20H31N5O7/c1-11(2)17(24-14(26)10-25-15(27)7-8-16(25)28)19(30)22-12(3)18(29)23-13(20(31)32)6-4-5-9-21/h7-8,11-13,17H,4-6,9-10,21H2,1-3H3,(H,22,30)(H,23,29)(H,24,26)(H,31,32)/t12-,13-,17-/m0/s1. The lowest BCUT2D eigenvalue weighted by Crippen LogP contribution is -2.57. The van der Waals surface area contributed by atoms with Gasteiger partial charge in [0.25, 0.3) is 11.8 Å². The highest BCUT2D eigenvalue weighted by Crippen LogP contribution is 2.06. The number of imide groups is 1. The molecule has 3 atom stereocenters. The Hall–Kier alpha value is -3.28. The van der Waals surface area contributed by atoms with Crippen molar-refractivity contribution in [3.8, 4) is 0 Å². The van der Waals surface area contributed by atoms with Crippen LogP contribution in [0.3, 0.4) is 0 Å². The van der Waals surface area contributed by atoms with Crippen molar-refractivity contribution in [2.75, 3.05) is 13.1 Å². The average molecular weight is 453 g/mol. The number of aliphatic carboxylic acids is 1. The highest BCUT2D eigenvalue weighted by molar-refractivity contribution is 6.14. The number of unbranched alkanes of at least 4 members (excludes halogenated alkanes) is 1. The maximum Gasteiger partial charge on any atom is 0.326 e. The van der Waals surface area contributed by atoms with E-state index in [9.17, 15) is 33.9 Å². The van der Waals surface area contributed by atoms with Crippen molar-refractivity contribution < 1.29 is 33.9 Å². The monoisotopic (exact) mass is 453 g/mol. The van der Waals surface area contributed by atoms with Crippen LogP contribution in [-0.2, 0) is 28.8 Å². The minimum atomic E-state index is -1.19. The van der Waals surface area contributed by atoms with Crippen LogP contribution in [0.15, 0.2) is 12.2 Å². The Bertz CT molecular complexity index is 762. The molecule has 0 aromatic carbocycles. The Morgan fingerprint density at radius 3 is 2.06 bits per heavy atom. The Kier molecular flexibility index (Phi) is 10.5. The SMILES string of the molecule is CC(C)[C@H](NC(=O)CN1C(=O)C=CC1=O)C(=O)N[C@@H](C)C(=O)N[C@@H](CCCCN)C(=O)O. The van der Waals surface area contributed by atoms with Gasteiger partial charge in [0.05, 0.1) is 0 Å². The zero-order valence-corrected chi connectivity index (χ0v) is 18.4. The van der Waals surface area contributed by atoms with Gasteiger partial charge in [-0.05, 0) is 38.6 Å². The van der Waals surface area contributed by atoms with Crippen LogP contribution in [0.4, 0.5) is 0 Å². The molecular weight excluding hydrogens is 422 g/mol. The van der Waals surface area contributed by atoms with E-state index in [0.29, 0.717) is 19.4 Å². The fourth-order valence-corrected chi connectivity index (χ4v) is 2.90. The number of rotatable bonds is 13. The van der Waals surface area contributed by atoms with Crippen LogP contribution in [0, 0.1) is 5.92 Å². The number of nitrogens with zero attached hydrogens (tertiary/aromatic N) is 1. The maximum absolute atomic E-state index is 12.6. The van der Waals surface area contributed by atoms with Crippen LogP contribution in [0.25, 0.3) is 0 Å².